The van der Waals surface area contributed by atoms with Crippen LogP contribution in [0.3, 0.4) is 0 Å². The zero-order valence-corrected chi connectivity index (χ0v) is 11.2. The van der Waals surface area contributed by atoms with Crippen molar-refractivity contribution in [1.82, 2.24) is 4.90 Å². The Labute approximate surface area is 113 Å². The van der Waals surface area contributed by atoms with Crippen molar-refractivity contribution in [2.45, 2.75) is 25.2 Å². The molecule has 1 fully saturated rings. The summed E-state index contributed by atoms with van der Waals surface area (Å²) in [5.74, 6) is 0. The van der Waals surface area contributed by atoms with E-state index in [1.165, 1.54) is 0 Å². The van der Waals surface area contributed by atoms with Gasteiger partial charge in [0.15, 0.2) is 0 Å². The van der Waals surface area contributed by atoms with Crippen molar-refractivity contribution in [2.75, 3.05) is 32.0 Å². The van der Waals surface area contributed by atoms with Gasteiger partial charge in [0.25, 0.3) is 0 Å². The van der Waals surface area contributed by atoms with Crippen LogP contribution in [0.4, 0.5) is 5.69 Å². The monoisotopic (exact) mass is 266 g/mol. The minimum Gasteiger partial charge on any atom is -0.399 e. The fourth-order valence-corrected chi connectivity index (χ4v) is 2.46. The van der Waals surface area contributed by atoms with Crippen molar-refractivity contribution in [3.05, 3.63) is 29.8 Å². The first-order chi connectivity index (χ1) is 9.08. The molecule has 0 aromatic heterocycles. The molecule has 2 rings (SSSR count). The van der Waals surface area contributed by atoms with Gasteiger partial charge < -0.3 is 20.7 Å². The highest BCUT2D eigenvalue weighted by molar-refractivity contribution is 5.39. The molecule has 19 heavy (non-hydrogen) atoms. The van der Waals surface area contributed by atoms with Gasteiger partial charge in [0, 0.05) is 25.3 Å². The molecule has 1 aromatic carbocycles. The molecule has 1 heterocycles. The van der Waals surface area contributed by atoms with Gasteiger partial charge in [-0.1, -0.05) is 12.1 Å². The summed E-state index contributed by atoms with van der Waals surface area (Å²) in [6.07, 6.45) is -0.642. The van der Waals surface area contributed by atoms with Crippen LogP contribution in [0, 0.1) is 0 Å². The molecule has 0 radical (unpaired) electrons. The molecule has 0 bridgehead atoms. The Kier molecular flexibility index (Phi) is 4.76. The summed E-state index contributed by atoms with van der Waals surface area (Å²) in [4.78, 5) is 2.12. The topological polar surface area (TPSA) is 79.0 Å². The second-order valence-electron chi connectivity index (χ2n) is 5.15. The lowest BCUT2D eigenvalue weighted by molar-refractivity contribution is -0.102. The zero-order valence-electron chi connectivity index (χ0n) is 11.2. The van der Waals surface area contributed by atoms with E-state index in [0.29, 0.717) is 18.8 Å². The summed E-state index contributed by atoms with van der Waals surface area (Å²) < 4.78 is 5.58. The molecule has 1 aliphatic rings. The van der Waals surface area contributed by atoms with E-state index < -0.39 is 6.10 Å². The molecule has 1 saturated heterocycles. The van der Waals surface area contributed by atoms with Crippen molar-refractivity contribution < 1.29 is 14.9 Å². The highest BCUT2D eigenvalue weighted by atomic mass is 16.5. The SMILES string of the molecule is CC1CN(CC(O)c2ccc(N)cc2)CC(CO)O1. The number of aliphatic hydroxyl groups excluding tert-OH is 2. The van der Waals surface area contributed by atoms with Crippen molar-refractivity contribution in [1.29, 1.82) is 0 Å². The van der Waals surface area contributed by atoms with E-state index in [1.807, 2.05) is 19.1 Å². The molecule has 0 saturated carbocycles. The maximum absolute atomic E-state index is 10.2. The molecule has 5 nitrogen and oxygen atoms in total. The van der Waals surface area contributed by atoms with Gasteiger partial charge in [-0.15, -0.1) is 0 Å². The van der Waals surface area contributed by atoms with Crippen LogP contribution in [0.2, 0.25) is 0 Å². The van der Waals surface area contributed by atoms with Crippen LogP contribution >= 0.6 is 0 Å². The highest BCUT2D eigenvalue weighted by Gasteiger charge is 2.26. The predicted molar refractivity (Wildman–Crippen MR) is 73.7 cm³/mol. The fourth-order valence-electron chi connectivity index (χ4n) is 2.46. The van der Waals surface area contributed by atoms with E-state index >= 15 is 0 Å². The quantitative estimate of drug-likeness (QED) is 0.687. The standard InChI is InChI=1S/C14H22N2O3/c1-10-6-16(7-13(9-17)19-10)8-14(18)11-2-4-12(15)5-3-11/h2-5,10,13-14,17-18H,6-9,15H2,1H3. The predicted octanol–water partition coefficient (Wildman–Crippen LogP) is 0.384. The fraction of sp³-hybridized carbons (Fsp3) is 0.571. The van der Waals surface area contributed by atoms with E-state index in [2.05, 4.69) is 4.90 Å². The van der Waals surface area contributed by atoms with Crippen LogP contribution in [-0.2, 0) is 4.74 Å². The van der Waals surface area contributed by atoms with Gasteiger partial charge >= 0.3 is 0 Å². The number of rotatable bonds is 4. The largest absolute Gasteiger partial charge is 0.399 e. The summed E-state index contributed by atoms with van der Waals surface area (Å²) in [5, 5.41) is 19.4. The first-order valence-electron chi connectivity index (χ1n) is 6.60. The number of aliphatic hydroxyl groups is 2. The van der Waals surface area contributed by atoms with Crippen LogP contribution < -0.4 is 5.73 Å². The van der Waals surface area contributed by atoms with Crippen molar-refractivity contribution in [3.8, 4) is 0 Å². The molecular weight excluding hydrogens is 244 g/mol. The summed E-state index contributed by atoms with van der Waals surface area (Å²) in [5.41, 5.74) is 7.18. The number of β-amino-alcohol motifs (C(OH)–C–C–N with tert-alkyl or cyclic N) is 1. The second kappa shape index (κ2) is 6.34. The lowest BCUT2D eigenvalue weighted by atomic mass is 10.1. The van der Waals surface area contributed by atoms with Gasteiger partial charge in [-0.3, -0.25) is 4.90 Å². The Morgan fingerprint density at radius 1 is 1.37 bits per heavy atom. The summed E-state index contributed by atoms with van der Waals surface area (Å²) in [7, 11) is 0. The molecule has 0 aliphatic carbocycles. The Bertz CT molecular complexity index is 396. The van der Waals surface area contributed by atoms with Gasteiger partial charge in [0.2, 0.25) is 0 Å². The van der Waals surface area contributed by atoms with E-state index in [0.717, 1.165) is 12.1 Å². The van der Waals surface area contributed by atoms with E-state index in [1.54, 1.807) is 12.1 Å². The molecule has 5 heteroatoms. The molecule has 0 amide bonds. The van der Waals surface area contributed by atoms with Crippen LogP contribution in [0.25, 0.3) is 0 Å². The number of hydrogen-bond donors (Lipinski definition) is 3. The highest BCUT2D eigenvalue weighted by Crippen LogP contribution is 2.19. The molecule has 1 aliphatic heterocycles. The Hall–Kier alpha value is -1.14. The number of nitrogens with zero attached hydrogens (tertiary/aromatic N) is 1. The average Bonchev–Trinajstić information content (AvgIpc) is 2.38. The van der Waals surface area contributed by atoms with Crippen molar-refractivity contribution in [3.63, 3.8) is 0 Å². The molecule has 0 spiro atoms. The Morgan fingerprint density at radius 3 is 2.68 bits per heavy atom. The number of hydrogen-bond acceptors (Lipinski definition) is 5. The molecule has 3 unspecified atom stereocenters. The smallest absolute Gasteiger partial charge is 0.0936 e. The van der Waals surface area contributed by atoms with Crippen LogP contribution in [0.15, 0.2) is 24.3 Å². The van der Waals surface area contributed by atoms with Gasteiger partial charge in [-0.05, 0) is 24.6 Å². The van der Waals surface area contributed by atoms with Crippen LogP contribution in [-0.4, -0.2) is 53.6 Å². The first kappa shape index (κ1) is 14.3. The van der Waals surface area contributed by atoms with Gasteiger partial charge in [-0.2, -0.15) is 0 Å². The number of anilines is 1. The first-order valence-corrected chi connectivity index (χ1v) is 6.60. The third-order valence-corrected chi connectivity index (χ3v) is 3.36. The van der Waals surface area contributed by atoms with Gasteiger partial charge in [0.05, 0.1) is 24.9 Å². The van der Waals surface area contributed by atoms with Crippen molar-refractivity contribution in [2.24, 2.45) is 0 Å². The number of benzene rings is 1. The summed E-state index contributed by atoms with van der Waals surface area (Å²) >= 11 is 0. The number of nitrogen functional groups attached to an aromatic ring is 1. The third-order valence-electron chi connectivity index (χ3n) is 3.36. The molecule has 3 atom stereocenters. The van der Waals surface area contributed by atoms with E-state index in [4.69, 9.17) is 10.5 Å². The second-order valence-corrected chi connectivity index (χ2v) is 5.15. The van der Waals surface area contributed by atoms with Crippen LogP contribution in [0.1, 0.15) is 18.6 Å². The maximum atomic E-state index is 10.2. The summed E-state index contributed by atoms with van der Waals surface area (Å²) in [6, 6.07) is 7.26. The third kappa shape index (κ3) is 3.91. The maximum Gasteiger partial charge on any atom is 0.0936 e. The normalized spacial score (nSPS) is 26.3. The molecule has 106 valence electrons. The summed E-state index contributed by atoms with van der Waals surface area (Å²) in [6.45, 7) is 3.94. The number of nitrogens with two attached hydrogens (primary N) is 1. The minimum absolute atomic E-state index is 0.0127. The molecule has 4 N–H and O–H groups in total. The van der Waals surface area contributed by atoms with Crippen molar-refractivity contribution >= 4 is 5.69 Å². The van der Waals surface area contributed by atoms with Gasteiger partial charge in [-0.25, -0.2) is 0 Å². The van der Waals surface area contributed by atoms with E-state index in [9.17, 15) is 10.2 Å². The average molecular weight is 266 g/mol. The number of morpholine rings is 1. The molecular formula is C14H22N2O3. The van der Waals surface area contributed by atoms with Gasteiger partial charge in [0.1, 0.15) is 0 Å². The minimum atomic E-state index is -0.551. The zero-order chi connectivity index (χ0) is 13.8. The number of ether oxygens (including phenoxy) is 1. The molecule has 1 aromatic rings. The lowest BCUT2D eigenvalue weighted by Gasteiger charge is -2.37. The Balaban J connectivity index is 1.94. The Morgan fingerprint density at radius 2 is 2.05 bits per heavy atom. The van der Waals surface area contributed by atoms with E-state index in [-0.39, 0.29) is 18.8 Å². The lowest BCUT2D eigenvalue weighted by Crippen LogP contribution is -2.49. The van der Waals surface area contributed by atoms with Crippen LogP contribution in [0.5, 0.6) is 0 Å².